The van der Waals surface area contributed by atoms with E-state index in [1.807, 2.05) is 29.6 Å². The van der Waals surface area contributed by atoms with Gasteiger partial charge in [0.15, 0.2) is 0 Å². The summed E-state index contributed by atoms with van der Waals surface area (Å²) in [5.41, 5.74) is 2.35. The van der Waals surface area contributed by atoms with Crippen LogP contribution in [-0.2, 0) is 22.6 Å². The Morgan fingerprint density at radius 3 is 2.77 bits per heavy atom. The summed E-state index contributed by atoms with van der Waals surface area (Å²) in [6.45, 7) is 0.468. The van der Waals surface area contributed by atoms with Gasteiger partial charge in [0.2, 0.25) is 0 Å². The molecule has 0 radical (unpaired) electrons. The Morgan fingerprint density at radius 2 is 2.00 bits per heavy atom. The minimum absolute atomic E-state index is 0.0243. The lowest BCUT2D eigenvalue weighted by Gasteiger charge is -2.09. The molecule has 0 spiro atoms. The molecule has 0 aliphatic carbocycles. The molecule has 30 heavy (non-hydrogen) atoms. The highest BCUT2D eigenvalue weighted by Crippen LogP contribution is 2.31. The lowest BCUT2D eigenvalue weighted by Crippen LogP contribution is -2.24. The molecule has 4 aromatic rings. The van der Waals surface area contributed by atoms with Crippen LogP contribution in [0.4, 0.5) is 4.39 Å². The number of nitrogens with one attached hydrogen (secondary N) is 1. The Kier molecular flexibility index (Phi) is 5.52. The summed E-state index contributed by atoms with van der Waals surface area (Å²) < 4.78 is 21.1. The van der Waals surface area contributed by atoms with E-state index in [1.54, 1.807) is 10.6 Å². The van der Waals surface area contributed by atoms with Crippen molar-refractivity contribution in [3.05, 3.63) is 70.5 Å². The van der Waals surface area contributed by atoms with Crippen molar-refractivity contribution in [1.29, 1.82) is 0 Å². The number of methoxy groups -OCH3 is 1. The van der Waals surface area contributed by atoms with Crippen molar-refractivity contribution in [3.63, 3.8) is 0 Å². The number of thiophene rings is 1. The molecule has 0 aliphatic rings. The number of para-hydroxylation sites is 1. The number of hydrogen-bond acceptors (Lipinski definition) is 5. The molecular formula is C22H19FN2O4S. The number of aromatic carboxylic acids is 1. The Labute approximate surface area is 175 Å². The summed E-state index contributed by atoms with van der Waals surface area (Å²) in [6.07, 6.45) is 0. The van der Waals surface area contributed by atoms with E-state index in [4.69, 9.17) is 0 Å². The zero-order valence-corrected chi connectivity index (χ0v) is 17.0. The third-order valence-corrected chi connectivity index (χ3v) is 6.03. The second-order valence-corrected chi connectivity index (χ2v) is 7.73. The molecule has 2 aromatic carbocycles. The standard InChI is InChI=1S/C22H19FN2O4S/c1-29-20(26)10-24-9-17-15-4-2-3-5-18(15)25(21(17)22(27)28)11-13-12-30-19-7-6-14(23)8-16(13)19/h2-8,12,24H,9-11H2,1H3,(H,27,28). The first-order valence-corrected chi connectivity index (χ1v) is 10.1. The number of esters is 1. The molecule has 4 rings (SSSR count). The predicted molar refractivity (Wildman–Crippen MR) is 114 cm³/mol. The third kappa shape index (κ3) is 3.67. The van der Waals surface area contributed by atoms with Crippen LogP contribution in [0.25, 0.3) is 21.0 Å². The third-order valence-electron chi connectivity index (χ3n) is 5.02. The van der Waals surface area contributed by atoms with Crippen LogP contribution in [0.2, 0.25) is 0 Å². The van der Waals surface area contributed by atoms with Crippen molar-refractivity contribution < 1.29 is 23.8 Å². The number of aromatic nitrogens is 1. The zero-order valence-electron chi connectivity index (χ0n) is 16.1. The normalized spacial score (nSPS) is 11.3. The number of carboxylic acids is 1. The van der Waals surface area contributed by atoms with Gasteiger partial charge in [-0.15, -0.1) is 11.3 Å². The fourth-order valence-corrected chi connectivity index (χ4v) is 4.61. The molecule has 8 heteroatoms. The quantitative estimate of drug-likeness (QED) is 0.437. The Morgan fingerprint density at radius 1 is 1.20 bits per heavy atom. The summed E-state index contributed by atoms with van der Waals surface area (Å²) in [4.78, 5) is 23.6. The second kappa shape index (κ2) is 8.25. The summed E-state index contributed by atoms with van der Waals surface area (Å²) in [5, 5.41) is 16.4. The zero-order chi connectivity index (χ0) is 21.3. The van der Waals surface area contributed by atoms with E-state index >= 15 is 0 Å². The SMILES string of the molecule is COC(=O)CNCc1c(C(=O)O)n(Cc2csc3ccc(F)cc23)c2ccccc12. The largest absolute Gasteiger partial charge is 0.477 e. The van der Waals surface area contributed by atoms with Gasteiger partial charge in [-0.25, -0.2) is 9.18 Å². The maximum Gasteiger partial charge on any atom is 0.352 e. The van der Waals surface area contributed by atoms with E-state index in [9.17, 15) is 19.1 Å². The lowest BCUT2D eigenvalue weighted by atomic mass is 10.1. The van der Waals surface area contributed by atoms with Crippen LogP contribution < -0.4 is 5.32 Å². The average molecular weight is 426 g/mol. The van der Waals surface area contributed by atoms with Gasteiger partial charge in [-0.3, -0.25) is 4.79 Å². The first kappa shape index (κ1) is 20.1. The van der Waals surface area contributed by atoms with Gasteiger partial charge in [0.05, 0.1) is 13.7 Å². The molecule has 2 heterocycles. The van der Waals surface area contributed by atoms with Crippen molar-refractivity contribution >= 4 is 44.3 Å². The van der Waals surface area contributed by atoms with Gasteiger partial charge in [0.1, 0.15) is 11.5 Å². The number of ether oxygens (including phenoxy) is 1. The van der Waals surface area contributed by atoms with Crippen molar-refractivity contribution in [3.8, 4) is 0 Å². The predicted octanol–water partition coefficient (Wildman–Crippen LogP) is 4.00. The smallest absolute Gasteiger partial charge is 0.352 e. The summed E-state index contributed by atoms with van der Waals surface area (Å²) in [6, 6.07) is 12.0. The maximum atomic E-state index is 13.8. The van der Waals surface area contributed by atoms with Gasteiger partial charge >= 0.3 is 11.9 Å². The van der Waals surface area contributed by atoms with E-state index in [1.165, 1.54) is 30.6 Å². The fourth-order valence-electron chi connectivity index (χ4n) is 3.67. The van der Waals surface area contributed by atoms with E-state index in [0.717, 1.165) is 26.6 Å². The van der Waals surface area contributed by atoms with Crippen LogP contribution in [0.3, 0.4) is 0 Å². The van der Waals surface area contributed by atoms with Crippen LogP contribution in [0, 0.1) is 5.82 Å². The number of halogens is 1. The first-order chi connectivity index (χ1) is 14.5. The first-order valence-electron chi connectivity index (χ1n) is 9.26. The summed E-state index contributed by atoms with van der Waals surface area (Å²) in [5.74, 6) is -1.82. The van der Waals surface area contributed by atoms with Gasteiger partial charge in [0.25, 0.3) is 0 Å². The highest BCUT2D eigenvalue weighted by atomic mass is 32.1. The number of nitrogens with zero attached hydrogens (tertiary/aromatic N) is 1. The van der Waals surface area contributed by atoms with E-state index in [-0.39, 0.29) is 24.6 Å². The van der Waals surface area contributed by atoms with Crippen LogP contribution in [0.15, 0.2) is 47.8 Å². The Hall–Kier alpha value is -3.23. The maximum absolute atomic E-state index is 13.8. The molecule has 2 aromatic heterocycles. The average Bonchev–Trinajstić information content (AvgIpc) is 3.27. The lowest BCUT2D eigenvalue weighted by molar-refractivity contribution is -0.139. The van der Waals surface area contributed by atoms with Crippen LogP contribution in [-0.4, -0.2) is 35.3 Å². The molecule has 0 bridgehead atoms. The molecule has 0 aliphatic heterocycles. The van der Waals surface area contributed by atoms with Crippen molar-refractivity contribution in [2.24, 2.45) is 0 Å². The number of fused-ring (bicyclic) bond motifs is 2. The Bertz CT molecular complexity index is 1260. The topological polar surface area (TPSA) is 80.6 Å². The number of carbonyl (C=O) groups excluding carboxylic acids is 1. The summed E-state index contributed by atoms with van der Waals surface area (Å²) in [7, 11) is 1.30. The minimum Gasteiger partial charge on any atom is -0.477 e. The highest BCUT2D eigenvalue weighted by molar-refractivity contribution is 7.17. The fraction of sp³-hybridized carbons (Fsp3) is 0.182. The van der Waals surface area contributed by atoms with Gasteiger partial charge in [-0.2, -0.15) is 0 Å². The molecule has 0 amide bonds. The molecule has 0 unspecified atom stereocenters. The number of carbonyl (C=O) groups is 2. The van der Waals surface area contributed by atoms with Gasteiger partial charge in [-0.1, -0.05) is 18.2 Å². The van der Waals surface area contributed by atoms with Crippen LogP contribution >= 0.6 is 11.3 Å². The molecule has 2 N–H and O–H groups in total. The molecule has 0 saturated heterocycles. The number of benzene rings is 2. The van der Waals surface area contributed by atoms with Crippen LogP contribution in [0.5, 0.6) is 0 Å². The minimum atomic E-state index is -1.06. The number of carboxylic acid groups (broad SMARTS) is 1. The monoisotopic (exact) mass is 426 g/mol. The molecule has 154 valence electrons. The molecule has 0 atom stereocenters. The van der Waals surface area contributed by atoms with E-state index in [0.29, 0.717) is 12.1 Å². The van der Waals surface area contributed by atoms with Crippen LogP contribution in [0.1, 0.15) is 21.6 Å². The Balaban J connectivity index is 1.80. The van der Waals surface area contributed by atoms with Crippen molar-refractivity contribution in [2.45, 2.75) is 13.1 Å². The molecule has 0 fully saturated rings. The second-order valence-electron chi connectivity index (χ2n) is 6.82. The van der Waals surface area contributed by atoms with Gasteiger partial charge in [0, 0.05) is 39.6 Å². The van der Waals surface area contributed by atoms with Gasteiger partial charge in [-0.05, 0) is 35.2 Å². The number of rotatable bonds is 7. The number of hydrogen-bond donors (Lipinski definition) is 2. The van der Waals surface area contributed by atoms with E-state index < -0.39 is 11.9 Å². The van der Waals surface area contributed by atoms with Gasteiger partial charge < -0.3 is 19.7 Å². The van der Waals surface area contributed by atoms with Crippen molar-refractivity contribution in [1.82, 2.24) is 9.88 Å². The van der Waals surface area contributed by atoms with E-state index in [2.05, 4.69) is 10.1 Å². The molecule has 6 nitrogen and oxygen atoms in total. The molecule has 0 saturated carbocycles. The highest BCUT2D eigenvalue weighted by Gasteiger charge is 2.23. The summed E-state index contributed by atoms with van der Waals surface area (Å²) >= 11 is 1.50. The van der Waals surface area contributed by atoms with Crippen molar-refractivity contribution in [2.75, 3.05) is 13.7 Å². The molecular weight excluding hydrogens is 407 g/mol.